The van der Waals surface area contributed by atoms with Gasteiger partial charge in [-0.15, -0.1) is 0 Å². The van der Waals surface area contributed by atoms with E-state index in [-0.39, 0.29) is 11.2 Å². The van der Waals surface area contributed by atoms with Crippen LogP contribution in [0.25, 0.3) is 11.0 Å². The van der Waals surface area contributed by atoms with Crippen LogP contribution in [0, 0.1) is 0 Å². The van der Waals surface area contributed by atoms with Gasteiger partial charge >= 0.3 is 0 Å². The van der Waals surface area contributed by atoms with Gasteiger partial charge in [-0.2, -0.15) is 0 Å². The smallest absolute Gasteiger partial charge is 0.195 e. The monoisotopic (exact) mass is 340 g/mol. The van der Waals surface area contributed by atoms with Crippen LogP contribution in [0.4, 0.5) is 0 Å². The van der Waals surface area contributed by atoms with Gasteiger partial charge in [0, 0.05) is 18.5 Å². The van der Waals surface area contributed by atoms with E-state index in [1.807, 2.05) is 16.7 Å². The Kier molecular flexibility index (Phi) is 4.22. The van der Waals surface area contributed by atoms with Gasteiger partial charge in [0.2, 0.25) is 0 Å². The minimum atomic E-state index is -0.0476. The largest absolute Gasteiger partial charge is 0.317 e. The Balaban J connectivity index is 2.03. The predicted octanol–water partition coefficient (Wildman–Crippen LogP) is 5.24. The zero-order valence-corrected chi connectivity index (χ0v) is 15.2. The molecule has 3 aromatic rings. The molecule has 3 nitrogen and oxygen atoms in total. The molecule has 0 bridgehead atoms. The topological polar surface area (TPSA) is 34.9 Å². The van der Waals surface area contributed by atoms with Crippen molar-refractivity contribution in [1.82, 2.24) is 9.55 Å². The number of aromatic nitrogens is 2. The number of rotatable bonds is 3. The number of benzene rings is 2. The van der Waals surface area contributed by atoms with Crippen LogP contribution in [-0.2, 0) is 12.0 Å². The molecule has 0 fully saturated rings. The highest BCUT2D eigenvalue weighted by molar-refractivity contribution is 6.31. The second kappa shape index (κ2) is 6.06. The average molecular weight is 341 g/mol. The number of hydrogen-bond donors (Lipinski definition) is 0. The molecule has 0 radical (unpaired) electrons. The number of ketones is 1. The maximum Gasteiger partial charge on any atom is 0.195 e. The highest BCUT2D eigenvalue weighted by Crippen LogP contribution is 2.24. The fourth-order valence-corrected chi connectivity index (χ4v) is 2.99. The van der Waals surface area contributed by atoms with Gasteiger partial charge in [0.25, 0.3) is 0 Å². The van der Waals surface area contributed by atoms with E-state index in [1.54, 1.807) is 13.0 Å². The summed E-state index contributed by atoms with van der Waals surface area (Å²) in [5.74, 6) is 0.417. The lowest BCUT2D eigenvalue weighted by molar-refractivity contribution is 0.100. The summed E-state index contributed by atoms with van der Waals surface area (Å²) in [7, 11) is 0. The van der Waals surface area contributed by atoms with Gasteiger partial charge in [0.1, 0.15) is 0 Å². The van der Waals surface area contributed by atoms with Crippen LogP contribution in [0.2, 0.25) is 5.02 Å². The van der Waals surface area contributed by atoms with Crippen molar-refractivity contribution in [3.63, 3.8) is 0 Å². The van der Waals surface area contributed by atoms with Crippen LogP contribution in [-0.4, -0.2) is 15.3 Å². The number of imidazole rings is 1. The summed E-state index contributed by atoms with van der Waals surface area (Å²) in [5, 5.41) is 0.622. The van der Waals surface area contributed by atoms with Crippen molar-refractivity contribution in [3.05, 3.63) is 64.4 Å². The second-order valence-corrected chi connectivity index (χ2v) is 7.59. The van der Waals surface area contributed by atoms with Crippen LogP contribution >= 0.6 is 11.6 Å². The highest BCUT2D eigenvalue weighted by atomic mass is 35.5. The zero-order chi connectivity index (χ0) is 17.5. The van der Waals surface area contributed by atoms with Crippen molar-refractivity contribution in [2.24, 2.45) is 0 Å². The summed E-state index contributed by atoms with van der Waals surface area (Å²) in [5.41, 5.74) is 4.23. The molecule has 0 amide bonds. The number of carbonyl (C=O) groups excluding carboxylic acids is 1. The minimum Gasteiger partial charge on any atom is -0.317 e. The van der Waals surface area contributed by atoms with Gasteiger partial charge in [-0.3, -0.25) is 4.79 Å². The van der Waals surface area contributed by atoms with E-state index < -0.39 is 0 Å². The number of nitrogens with zero attached hydrogens (tertiary/aromatic N) is 2. The summed E-state index contributed by atoms with van der Waals surface area (Å²) in [6, 6.07) is 14.1. The van der Waals surface area contributed by atoms with E-state index in [9.17, 15) is 4.79 Å². The first-order chi connectivity index (χ1) is 11.3. The fourth-order valence-electron chi connectivity index (χ4n) is 2.82. The van der Waals surface area contributed by atoms with Crippen LogP contribution in [0.3, 0.4) is 0 Å². The molecule has 0 spiro atoms. The van der Waals surface area contributed by atoms with E-state index in [0.717, 1.165) is 16.6 Å². The lowest BCUT2D eigenvalue weighted by Crippen LogP contribution is -2.12. The van der Waals surface area contributed by atoms with Gasteiger partial charge in [0.15, 0.2) is 11.6 Å². The van der Waals surface area contributed by atoms with E-state index in [4.69, 9.17) is 11.6 Å². The summed E-state index contributed by atoms with van der Waals surface area (Å²) in [6.07, 6.45) is 0. The summed E-state index contributed by atoms with van der Waals surface area (Å²) >= 11 is 6.05. The molecule has 0 unspecified atom stereocenters. The minimum absolute atomic E-state index is 0.0476. The summed E-state index contributed by atoms with van der Waals surface area (Å²) < 4.78 is 1.96. The maximum atomic E-state index is 12.0. The molecule has 0 aliphatic rings. The molecule has 0 N–H and O–H groups in total. The van der Waals surface area contributed by atoms with Crippen LogP contribution < -0.4 is 0 Å². The van der Waals surface area contributed by atoms with Crippen LogP contribution in [0.5, 0.6) is 0 Å². The standard InChI is InChI=1S/C20H21ClN2O/c1-13(24)19-22-17-11-16(21)9-10-18(17)23(19)12-14-5-7-15(8-6-14)20(2,3)4/h5-11H,12H2,1-4H3. The van der Waals surface area contributed by atoms with Gasteiger partial charge in [0.05, 0.1) is 11.0 Å². The third-order valence-electron chi connectivity index (χ3n) is 4.19. The van der Waals surface area contributed by atoms with Crippen molar-refractivity contribution in [2.45, 2.75) is 39.7 Å². The van der Waals surface area contributed by atoms with Gasteiger partial charge in [-0.25, -0.2) is 4.98 Å². The molecule has 124 valence electrons. The number of halogens is 1. The fraction of sp³-hybridized carbons (Fsp3) is 0.300. The molecule has 1 heterocycles. The van der Waals surface area contributed by atoms with Crippen LogP contribution in [0.15, 0.2) is 42.5 Å². The molecule has 2 aromatic carbocycles. The average Bonchev–Trinajstić information content (AvgIpc) is 2.85. The molecular weight excluding hydrogens is 320 g/mol. The Morgan fingerprint density at radius 3 is 2.38 bits per heavy atom. The lowest BCUT2D eigenvalue weighted by Gasteiger charge is -2.19. The van der Waals surface area contributed by atoms with E-state index in [2.05, 4.69) is 50.0 Å². The molecule has 0 aliphatic carbocycles. The van der Waals surface area contributed by atoms with Crippen molar-refractivity contribution in [1.29, 1.82) is 0 Å². The zero-order valence-electron chi connectivity index (χ0n) is 14.4. The van der Waals surface area contributed by atoms with E-state index in [0.29, 0.717) is 17.4 Å². The molecular formula is C20H21ClN2O. The molecule has 0 atom stereocenters. The second-order valence-electron chi connectivity index (χ2n) is 7.16. The van der Waals surface area contributed by atoms with Crippen molar-refractivity contribution in [3.8, 4) is 0 Å². The molecule has 24 heavy (non-hydrogen) atoms. The summed E-state index contributed by atoms with van der Waals surface area (Å²) in [4.78, 5) is 16.4. The maximum absolute atomic E-state index is 12.0. The molecule has 0 aliphatic heterocycles. The third kappa shape index (κ3) is 3.22. The Morgan fingerprint density at radius 1 is 1.12 bits per heavy atom. The Bertz CT molecular complexity index is 902. The molecule has 1 aromatic heterocycles. The Labute approximate surface area is 147 Å². The Morgan fingerprint density at radius 2 is 1.79 bits per heavy atom. The quantitative estimate of drug-likeness (QED) is 0.611. The molecule has 4 heteroatoms. The normalized spacial score (nSPS) is 11.9. The Hall–Kier alpha value is -2.13. The number of fused-ring (bicyclic) bond motifs is 1. The van der Waals surface area contributed by atoms with Crippen molar-refractivity contribution < 1.29 is 4.79 Å². The first-order valence-corrected chi connectivity index (χ1v) is 8.39. The van der Waals surface area contributed by atoms with E-state index in [1.165, 1.54) is 5.56 Å². The molecule has 0 saturated heterocycles. The van der Waals surface area contributed by atoms with Gasteiger partial charge < -0.3 is 4.57 Å². The SMILES string of the molecule is CC(=O)c1nc2cc(Cl)ccc2n1Cc1ccc(C(C)(C)C)cc1. The number of Topliss-reactive ketones (excluding diaryl/α,β-unsaturated/α-hetero) is 1. The van der Waals surface area contributed by atoms with E-state index >= 15 is 0 Å². The van der Waals surface area contributed by atoms with Crippen molar-refractivity contribution in [2.75, 3.05) is 0 Å². The number of carbonyl (C=O) groups is 1. The first-order valence-electron chi connectivity index (χ1n) is 8.02. The number of hydrogen-bond acceptors (Lipinski definition) is 2. The van der Waals surface area contributed by atoms with Gasteiger partial charge in [-0.05, 0) is 34.7 Å². The van der Waals surface area contributed by atoms with Crippen LogP contribution in [0.1, 0.15) is 49.4 Å². The van der Waals surface area contributed by atoms with Gasteiger partial charge in [-0.1, -0.05) is 56.6 Å². The van der Waals surface area contributed by atoms with Crippen molar-refractivity contribution >= 4 is 28.4 Å². The lowest BCUT2D eigenvalue weighted by atomic mass is 9.87. The molecule has 3 rings (SSSR count). The highest BCUT2D eigenvalue weighted by Gasteiger charge is 2.16. The predicted molar refractivity (Wildman–Crippen MR) is 99.0 cm³/mol. The third-order valence-corrected chi connectivity index (χ3v) is 4.42. The summed E-state index contributed by atoms with van der Waals surface area (Å²) in [6.45, 7) is 8.74. The molecule has 0 saturated carbocycles. The first kappa shape index (κ1) is 16.7.